The standard InChI is InChI=1S/C20H22N4O3/c1-4-13(2)14-9-5-8-12-17(14)27-18(21)24-16-11-7-6-10-15(16)22-19(24)23-20(25)26-3/h5-13,21H,4H2,1-3H3,(H,22,23,25). The Balaban J connectivity index is 2.01. The molecule has 1 heterocycles. The molecule has 0 saturated carbocycles. The molecule has 0 radical (unpaired) electrons. The highest BCUT2D eigenvalue weighted by Gasteiger charge is 2.19. The maximum atomic E-state index is 11.7. The van der Waals surface area contributed by atoms with Gasteiger partial charge in [0.1, 0.15) is 5.75 Å². The van der Waals surface area contributed by atoms with Crippen molar-refractivity contribution < 1.29 is 14.3 Å². The molecule has 3 rings (SSSR count). The van der Waals surface area contributed by atoms with Crippen molar-refractivity contribution in [3.05, 3.63) is 54.1 Å². The summed E-state index contributed by atoms with van der Waals surface area (Å²) in [6.45, 7) is 4.22. The van der Waals surface area contributed by atoms with Crippen LogP contribution >= 0.6 is 0 Å². The lowest BCUT2D eigenvalue weighted by molar-refractivity contribution is 0.186. The van der Waals surface area contributed by atoms with E-state index in [-0.39, 0.29) is 12.0 Å². The summed E-state index contributed by atoms with van der Waals surface area (Å²) in [7, 11) is 1.27. The lowest BCUT2D eigenvalue weighted by Gasteiger charge is -2.17. The molecule has 0 aliphatic carbocycles. The van der Waals surface area contributed by atoms with Gasteiger partial charge in [-0.25, -0.2) is 14.3 Å². The minimum atomic E-state index is -0.667. The number of carbonyl (C=O) groups is 1. The fraction of sp³-hybridized carbons (Fsp3) is 0.250. The number of carbonyl (C=O) groups excluding carboxylic acids is 1. The lowest BCUT2D eigenvalue weighted by Crippen LogP contribution is -2.23. The fourth-order valence-electron chi connectivity index (χ4n) is 2.81. The van der Waals surface area contributed by atoms with Crippen LogP contribution in [-0.2, 0) is 4.74 Å². The normalized spacial score (nSPS) is 11.8. The highest BCUT2D eigenvalue weighted by atomic mass is 16.5. The summed E-state index contributed by atoms with van der Waals surface area (Å²) in [6, 6.07) is 14.8. The summed E-state index contributed by atoms with van der Waals surface area (Å²) < 4.78 is 12.0. The van der Waals surface area contributed by atoms with E-state index < -0.39 is 6.09 Å². The average molecular weight is 366 g/mol. The second-order valence-corrected chi connectivity index (χ2v) is 6.13. The molecule has 0 bridgehead atoms. The number of aromatic nitrogens is 2. The van der Waals surface area contributed by atoms with Crippen molar-refractivity contribution in [2.24, 2.45) is 0 Å². The summed E-state index contributed by atoms with van der Waals surface area (Å²) in [5.74, 6) is 1.06. The van der Waals surface area contributed by atoms with Gasteiger partial charge < -0.3 is 9.47 Å². The number of nitrogens with zero attached hydrogens (tertiary/aromatic N) is 2. The molecule has 2 N–H and O–H groups in total. The lowest BCUT2D eigenvalue weighted by atomic mass is 9.98. The van der Waals surface area contributed by atoms with Crippen molar-refractivity contribution in [3.63, 3.8) is 0 Å². The van der Waals surface area contributed by atoms with Crippen LogP contribution in [0.15, 0.2) is 48.5 Å². The fourth-order valence-corrected chi connectivity index (χ4v) is 2.81. The second-order valence-electron chi connectivity index (χ2n) is 6.13. The number of methoxy groups -OCH3 is 1. The predicted molar refractivity (Wildman–Crippen MR) is 105 cm³/mol. The van der Waals surface area contributed by atoms with Gasteiger partial charge in [0.2, 0.25) is 5.95 Å². The van der Waals surface area contributed by atoms with Crippen LogP contribution in [0.4, 0.5) is 10.7 Å². The van der Waals surface area contributed by atoms with Crippen LogP contribution < -0.4 is 10.1 Å². The molecular weight excluding hydrogens is 344 g/mol. The Labute approximate surface area is 157 Å². The number of hydrogen-bond donors (Lipinski definition) is 2. The third kappa shape index (κ3) is 3.76. The molecule has 0 fully saturated rings. The number of anilines is 1. The van der Waals surface area contributed by atoms with Gasteiger partial charge in [-0.3, -0.25) is 10.7 Å². The monoisotopic (exact) mass is 366 g/mol. The van der Waals surface area contributed by atoms with Gasteiger partial charge >= 0.3 is 12.1 Å². The topological polar surface area (TPSA) is 89.2 Å². The Morgan fingerprint density at radius 1 is 1.22 bits per heavy atom. The number of para-hydroxylation sites is 3. The van der Waals surface area contributed by atoms with Crippen LogP contribution in [0.2, 0.25) is 0 Å². The van der Waals surface area contributed by atoms with Crippen molar-refractivity contribution in [1.29, 1.82) is 5.41 Å². The zero-order chi connectivity index (χ0) is 19.4. The molecule has 0 aliphatic heterocycles. The first-order valence-electron chi connectivity index (χ1n) is 8.73. The van der Waals surface area contributed by atoms with E-state index in [0.717, 1.165) is 12.0 Å². The number of nitrogens with one attached hydrogen (secondary N) is 2. The van der Waals surface area contributed by atoms with E-state index in [1.165, 1.54) is 11.7 Å². The number of rotatable bonds is 4. The molecule has 140 valence electrons. The number of benzene rings is 2. The van der Waals surface area contributed by atoms with E-state index in [0.29, 0.717) is 22.7 Å². The zero-order valence-electron chi connectivity index (χ0n) is 15.5. The van der Waals surface area contributed by atoms with E-state index in [2.05, 4.69) is 28.9 Å². The van der Waals surface area contributed by atoms with Crippen molar-refractivity contribution in [1.82, 2.24) is 9.55 Å². The molecule has 0 aliphatic rings. The SMILES string of the molecule is CCC(C)c1ccccc1OC(=N)n1c(NC(=O)OC)nc2ccccc21. The smallest absolute Gasteiger partial charge is 0.413 e. The van der Waals surface area contributed by atoms with Gasteiger partial charge in [-0.1, -0.05) is 44.2 Å². The molecule has 7 nitrogen and oxygen atoms in total. The van der Waals surface area contributed by atoms with Gasteiger partial charge in [-0.05, 0) is 36.1 Å². The molecule has 1 unspecified atom stereocenters. The van der Waals surface area contributed by atoms with Crippen molar-refractivity contribution in [2.45, 2.75) is 26.2 Å². The van der Waals surface area contributed by atoms with E-state index in [9.17, 15) is 4.79 Å². The zero-order valence-corrected chi connectivity index (χ0v) is 15.5. The van der Waals surface area contributed by atoms with Gasteiger partial charge in [0.05, 0.1) is 18.1 Å². The summed E-state index contributed by atoms with van der Waals surface area (Å²) in [5.41, 5.74) is 2.30. The molecule has 0 spiro atoms. The van der Waals surface area contributed by atoms with Gasteiger partial charge in [-0.2, -0.15) is 0 Å². The Bertz CT molecular complexity index is 980. The van der Waals surface area contributed by atoms with Crippen LogP contribution in [0.3, 0.4) is 0 Å². The van der Waals surface area contributed by atoms with Gasteiger partial charge in [-0.15, -0.1) is 0 Å². The van der Waals surface area contributed by atoms with Crippen LogP contribution in [0.1, 0.15) is 31.7 Å². The summed E-state index contributed by atoms with van der Waals surface area (Å²) in [5, 5.41) is 11.0. The third-order valence-corrected chi connectivity index (χ3v) is 4.43. The van der Waals surface area contributed by atoms with Gasteiger partial charge in [0.25, 0.3) is 0 Å². The average Bonchev–Trinajstić information content (AvgIpc) is 3.05. The maximum Gasteiger partial charge on any atom is 0.413 e. The number of ether oxygens (including phenoxy) is 2. The van der Waals surface area contributed by atoms with Crippen LogP contribution in [0.25, 0.3) is 11.0 Å². The third-order valence-electron chi connectivity index (χ3n) is 4.43. The van der Waals surface area contributed by atoms with Crippen molar-refractivity contribution in [3.8, 4) is 5.75 Å². The number of amides is 1. The molecule has 3 aromatic rings. The first kappa shape index (κ1) is 18.4. The van der Waals surface area contributed by atoms with Gasteiger partial charge in [0, 0.05) is 0 Å². The van der Waals surface area contributed by atoms with E-state index in [1.807, 2.05) is 42.5 Å². The second kappa shape index (κ2) is 7.90. The minimum Gasteiger partial charge on any atom is -0.453 e. The van der Waals surface area contributed by atoms with Crippen LogP contribution in [0, 0.1) is 5.41 Å². The Hall–Kier alpha value is -3.35. The molecule has 0 saturated heterocycles. The maximum absolute atomic E-state index is 11.7. The van der Waals surface area contributed by atoms with E-state index >= 15 is 0 Å². The first-order valence-corrected chi connectivity index (χ1v) is 8.73. The molecule has 1 aromatic heterocycles. The number of hydrogen-bond acceptors (Lipinski definition) is 5. The minimum absolute atomic E-state index is 0.161. The van der Waals surface area contributed by atoms with Crippen LogP contribution in [-0.4, -0.2) is 28.8 Å². The number of fused-ring (bicyclic) bond motifs is 1. The summed E-state index contributed by atoms with van der Waals surface area (Å²) >= 11 is 0. The predicted octanol–water partition coefficient (Wildman–Crippen LogP) is 4.59. The molecule has 7 heteroatoms. The Kier molecular flexibility index (Phi) is 5.40. The Morgan fingerprint density at radius 3 is 2.67 bits per heavy atom. The molecule has 27 heavy (non-hydrogen) atoms. The summed E-state index contributed by atoms with van der Waals surface area (Å²) in [6.07, 6.45) is 0.288. The number of imidazole rings is 1. The molecular formula is C20H22N4O3. The van der Waals surface area contributed by atoms with Crippen LogP contribution in [0.5, 0.6) is 5.75 Å². The molecule has 1 amide bonds. The van der Waals surface area contributed by atoms with Crippen molar-refractivity contribution in [2.75, 3.05) is 12.4 Å². The highest BCUT2D eigenvalue weighted by molar-refractivity contribution is 5.95. The quantitative estimate of drug-likeness (QED) is 0.522. The van der Waals surface area contributed by atoms with Crippen molar-refractivity contribution >= 4 is 29.1 Å². The van der Waals surface area contributed by atoms with E-state index in [1.54, 1.807) is 6.07 Å². The molecule has 2 aromatic carbocycles. The van der Waals surface area contributed by atoms with Gasteiger partial charge in [0.15, 0.2) is 0 Å². The largest absolute Gasteiger partial charge is 0.453 e. The summed E-state index contributed by atoms with van der Waals surface area (Å²) in [4.78, 5) is 16.0. The Morgan fingerprint density at radius 2 is 1.93 bits per heavy atom. The first-order chi connectivity index (χ1) is 13.0. The highest BCUT2D eigenvalue weighted by Crippen LogP contribution is 2.29. The van der Waals surface area contributed by atoms with E-state index in [4.69, 9.17) is 10.1 Å². The molecule has 1 atom stereocenters.